The average molecular weight is 300 g/mol. The van der Waals surface area contributed by atoms with Crippen LogP contribution in [0, 0.1) is 0 Å². The van der Waals surface area contributed by atoms with E-state index in [-0.39, 0.29) is 0 Å². The Balaban J connectivity index is 2.31. The number of aliphatic carboxylic acids is 1. The van der Waals surface area contributed by atoms with Crippen LogP contribution in [0.4, 0.5) is 5.69 Å². The van der Waals surface area contributed by atoms with Crippen LogP contribution in [0.15, 0.2) is 24.3 Å². The SMILES string of the molecule is O=C(O)C=Cc1c(Cl)cccc1N1CCS(=O)CC1. The Hall–Kier alpha value is -1.33. The van der Waals surface area contributed by atoms with Crippen molar-refractivity contribution in [2.45, 2.75) is 0 Å². The number of rotatable bonds is 3. The standard InChI is InChI=1S/C13H14ClNO3S/c14-11-2-1-3-12(10(11)4-5-13(16)17)15-6-8-19(18)9-7-15/h1-5H,6-9H2,(H,16,17). The van der Waals surface area contributed by atoms with Crippen LogP contribution in [-0.4, -0.2) is 39.9 Å². The van der Waals surface area contributed by atoms with Crippen LogP contribution in [0.2, 0.25) is 5.02 Å². The van der Waals surface area contributed by atoms with E-state index in [9.17, 15) is 9.00 Å². The van der Waals surface area contributed by atoms with Crippen LogP contribution in [-0.2, 0) is 15.6 Å². The van der Waals surface area contributed by atoms with Crippen molar-refractivity contribution >= 4 is 40.1 Å². The topological polar surface area (TPSA) is 57.6 Å². The summed E-state index contributed by atoms with van der Waals surface area (Å²) in [6.45, 7) is 1.39. The van der Waals surface area contributed by atoms with Gasteiger partial charge in [0.1, 0.15) is 0 Å². The zero-order valence-electron chi connectivity index (χ0n) is 10.2. The van der Waals surface area contributed by atoms with E-state index in [4.69, 9.17) is 16.7 Å². The first kappa shape index (κ1) is 14.1. The maximum atomic E-state index is 11.4. The van der Waals surface area contributed by atoms with Gasteiger partial charge in [0.15, 0.2) is 0 Å². The predicted molar refractivity (Wildman–Crippen MR) is 78.2 cm³/mol. The number of hydrogen-bond donors (Lipinski definition) is 1. The van der Waals surface area contributed by atoms with Gasteiger partial charge >= 0.3 is 5.97 Å². The van der Waals surface area contributed by atoms with E-state index >= 15 is 0 Å². The van der Waals surface area contributed by atoms with Crippen molar-refractivity contribution in [3.8, 4) is 0 Å². The molecule has 2 rings (SSSR count). The lowest BCUT2D eigenvalue weighted by Crippen LogP contribution is -2.38. The molecule has 0 amide bonds. The third-order valence-electron chi connectivity index (χ3n) is 2.94. The minimum absolute atomic E-state index is 0.515. The predicted octanol–water partition coefficient (Wildman–Crippen LogP) is 2.01. The number of benzene rings is 1. The van der Waals surface area contributed by atoms with Gasteiger partial charge in [0.05, 0.1) is 0 Å². The second-order valence-electron chi connectivity index (χ2n) is 4.18. The van der Waals surface area contributed by atoms with Gasteiger partial charge in [-0.2, -0.15) is 0 Å². The lowest BCUT2D eigenvalue weighted by Gasteiger charge is -2.30. The molecule has 6 heteroatoms. The maximum Gasteiger partial charge on any atom is 0.328 e. The molecule has 102 valence electrons. The zero-order chi connectivity index (χ0) is 13.8. The Morgan fingerprint density at radius 2 is 2.05 bits per heavy atom. The maximum absolute atomic E-state index is 11.4. The van der Waals surface area contributed by atoms with Crippen molar-refractivity contribution in [2.75, 3.05) is 29.5 Å². The van der Waals surface area contributed by atoms with Gasteiger partial charge in [-0.15, -0.1) is 0 Å². The number of anilines is 1. The van der Waals surface area contributed by atoms with Gasteiger partial charge in [-0.1, -0.05) is 17.7 Å². The normalized spacial score (nSPS) is 17.0. The first-order chi connectivity index (χ1) is 9.08. The summed E-state index contributed by atoms with van der Waals surface area (Å²) in [5.74, 6) is 0.258. The van der Waals surface area contributed by atoms with E-state index in [1.807, 2.05) is 12.1 Å². The highest BCUT2D eigenvalue weighted by Gasteiger charge is 2.18. The van der Waals surface area contributed by atoms with E-state index < -0.39 is 16.8 Å². The van der Waals surface area contributed by atoms with Crippen molar-refractivity contribution in [2.24, 2.45) is 0 Å². The molecule has 19 heavy (non-hydrogen) atoms. The van der Waals surface area contributed by atoms with Gasteiger partial charge in [-0.05, 0) is 18.2 Å². The second-order valence-corrected chi connectivity index (χ2v) is 6.28. The fourth-order valence-corrected chi connectivity index (χ4v) is 3.28. The van der Waals surface area contributed by atoms with E-state index in [0.29, 0.717) is 35.2 Å². The molecule has 1 aromatic carbocycles. The van der Waals surface area contributed by atoms with Gasteiger partial charge in [0.25, 0.3) is 0 Å². The Labute approximate surface area is 119 Å². The van der Waals surface area contributed by atoms with Crippen LogP contribution in [0.5, 0.6) is 0 Å². The largest absolute Gasteiger partial charge is 0.478 e. The molecule has 0 bridgehead atoms. The summed E-state index contributed by atoms with van der Waals surface area (Å²) in [6, 6.07) is 5.47. The highest BCUT2D eigenvalue weighted by atomic mass is 35.5. The van der Waals surface area contributed by atoms with Crippen LogP contribution < -0.4 is 4.90 Å². The molecule has 0 atom stereocenters. The Morgan fingerprint density at radius 1 is 1.37 bits per heavy atom. The fourth-order valence-electron chi connectivity index (χ4n) is 2.00. The van der Waals surface area contributed by atoms with Crippen molar-refractivity contribution in [3.63, 3.8) is 0 Å². The first-order valence-corrected chi connectivity index (χ1v) is 7.74. The molecule has 1 aliphatic rings. The summed E-state index contributed by atoms with van der Waals surface area (Å²) in [5, 5.41) is 9.23. The van der Waals surface area contributed by atoms with E-state index in [1.165, 1.54) is 6.08 Å². The number of hydrogen-bond acceptors (Lipinski definition) is 3. The van der Waals surface area contributed by atoms with Gasteiger partial charge in [0.2, 0.25) is 0 Å². The lowest BCUT2D eigenvalue weighted by atomic mass is 10.1. The number of nitrogens with zero attached hydrogens (tertiary/aromatic N) is 1. The van der Waals surface area contributed by atoms with Crippen molar-refractivity contribution in [3.05, 3.63) is 34.9 Å². The van der Waals surface area contributed by atoms with E-state index in [2.05, 4.69) is 4.90 Å². The Bertz CT molecular complexity index is 535. The molecule has 0 aliphatic carbocycles. The molecule has 1 heterocycles. The van der Waals surface area contributed by atoms with Crippen molar-refractivity contribution < 1.29 is 14.1 Å². The minimum Gasteiger partial charge on any atom is -0.478 e. The molecular weight excluding hydrogens is 286 g/mol. The molecule has 0 unspecified atom stereocenters. The van der Waals surface area contributed by atoms with E-state index in [0.717, 1.165) is 11.8 Å². The van der Waals surface area contributed by atoms with Crippen LogP contribution in [0.1, 0.15) is 5.56 Å². The number of carbonyl (C=O) groups is 1. The third-order valence-corrected chi connectivity index (χ3v) is 4.55. The van der Waals surface area contributed by atoms with Crippen LogP contribution in [0.3, 0.4) is 0 Å². The summed E-state index contributed by atoms with van der Waals surface area (Å²) in [6.07, 6.45) is 2.58. The molecule has 1 fully saturated rings. The molecule has 0 aromatic heterocycles. The van der Waals surface area contributed by atoms with Crippen molar-refractivity contribution in [1.82, 2.24) is 0 Å². The van der Waals surface area contributed by atoms with E-state index in [1.54, 1.807) is 6.07 Å². The Kier molecular flexibility index (Phi) is 4.61. The molecule has 1 aromatic rings. The summed E-state index contributed by atoms with van der Waals surface area (Å²) in [4.78, 5) is 12.7. The molecule has 1 aliphatic heterocycles. The highest BCUT2D eigenvalue weighted by Crippen LogP contribution is 2.29. The monoisotopic (exact) mass is 299 g/mol. The third kappa shape index (κ3) is 3.58. The summed E-state index contributed by atoms with van der Waals surface area (Å²) >= 11 is 6.13. The molecular formula is C13H14ClNO3S. The van der Waals surface area contributed by atoms with Crippen LogP contribution in [0.25, 0.3) is 6.08 Å². The van der Waals surface area contributed by atoms with Gasteiger partial charge < -0.3 is 10.0 Å². The average Bonchev–Trinajstić information content (AvgIpc) is 2.38. The molecule has 4 nitrogen and oxygen atoms in total. The molecule has 0 radical (unpaired) electrons. The van der Waals surface area contributed by atoms with Gasteiger partial charge in [-0.25, -0.2) is 4.79 Å². The van der Waals surface area contributed by atoms with Gasteiger partial charge in [-0.3, -0.25) is 4.21 Å². The van der Waals surface area contributed by atoms with Crippen molar-refractivity contribution in [1.29, 1.82) is 0 Å². The fraction of sp³-hybridized carbons (Fsp3) is 0.308. The summed E-state index contributed by atoms with van der Waals surface area (Å²) in [7, 11) is -0.744. The van der Waals surface area contributed by atoms with Crippen LogP contribution >= 0.6 is 11.6 Å². The first-order valence-electron chi connectivity index (χ1n) is 5.87. The number of halogens is 1. The summed E-state index contributed by atoms with van der Waals surface area (Å²) < 4.78 is 11.4. The smallest absolute Gasteiger partial charge is 0.328 e. The highest BCUT2D eigenvalue weighted by molar-refractivity contribution is 7.85. The second kappa shape index (κ2) is 6.21. The summed E-state index contributed by atoms with van der Waals surface area (Å²) in [5.41, 5.74) is 1.58. The minimum atomic E-state index is -1.01. The Morgan fingerprint density at radius 3 is 2.68 bits per heavy atom. The lowest BCUT2D eigenvalue weighted by molar-refractivity contribution is -0.131. The molecule has 0 spiro atoms. The zero-order valence-corrected chi connectivity index (χ0v) is 11.8. The number of carboxylic acids is 1. The quantitative estimate of drug-likeness (QED) is 0.868. The van der Waals surface area contributed by atoms with Gasteiger partial charge in [0, 0.05) is 57.7 Å². The number of carboxylic acid groups (broad SMARTS) is 1. The molecule has 1 saturated heterocycles. The molecule has 1 N–H and O–H groups in total. The molecule has 0 saturated carbocycles.